The minimum atomic E-state index is -1.26. The average Bonchev–Trinajstić information content (AvgIpc) is 2.31. The molecule has 0 bridgehead atoms. The predicted molar refractivity (Wildman–Crippen MR) is 63.2 cm³/mol. The Morgan fingerprint density at radius 2 is 1.06 bits per heavy atom. The third kappa shape index (κ3) is 93.5. The SMILES string of the molecule is CCC(=O)O.CCO.CO.O=C(O)C=CC(=O)O. The number of rotatable bonds is 3. The van der Waals surface area contributed by atoms with E-state index in [1.165, 1.54) is 0 Å². The van der Waals surface area contributed by atoms with Crippen LogP contribution in [-0.2, 0) is 14.4 Å². The summed E-state index contributed by atoms with van der Waals surface area (Å²) in [7, 11) is 1.00. The molecular formula is C10H20O8. The van der Waals surface area contributed by atoms with Gasteiger partial charge in [0.25, 0.3) is 0 Å². The van der Waals surface area contributed by atoms with Crippen LogP contribution in [0, 0.1) is 0 Å². The highest BCUT2D eigenvalue weighted by Crippen LogP contribution is 1.70. The van der Waals surface area contributed by atoms with Gasteiger partial charge in [0.05, 0.1) is 0 Å². The molecule has 0 heterocycles. The zero-order valence-corrected chi connectivity index (χ0v) is 10.5. The highest BCUT2D eigenvalue weighted by Gasteiger charge is 1.88. The molecule has 0 aromatic carbocycles. The smallest absolute Gasteiger partial charge is 0.328 e. The zero-order valence-electron chi connectivity index (χ0n) is 10.5. The molecule has 0 saturated heterocycles. The molecule has 8 nitrogen and oxygen atoms in total. The first-order chi connectivity index (χ1) is 8.31. The van der Waals surface area contributed by atoms with Crippen molar-refractivity contribution in [3.05, 3.63) is 12.2 Å². The topological polar surface area (TPSA) is 152 Å². The van der Waals surface area contributed by atoms with Gasteiger partial charge in [-0.25, -0.2) is 9.59 Å². The number of aliphatic carboxylic acids is 3. The van der Waals surface area contributed by atoms with Gasteiger partial charge in [0.15, 0.2) is 0 Å². The maximum absolute atomic E-state index is 9.55. The number of carbonyl (C=O) groups is 3. The van der Waals surface area contributed by atoms with Crippen LogP contribution in [0.2, 0.25) is 0 Å². The first kappa shape index (κ1) is 25.1. The summed E-state index contributed by atoms with van der Waals surface area (Å²) in [6, 6.07) is 0. The second-order valence-corrected chi connectivity index (χ2v) is 2.07. The maximum Gasteiger partial charge on any atom is 0.328 e. The van der Waals surface area contributed by atoms with Crippen molar-refractivity contribution in [2.75, 3.05) is 13.7 Å². The largest absolute Gasteiger partial charge is 0.481 e. The van der Waals surface area contributed by atoms with Gasteiger partial charge < -0.3 is 25.5 Å². The van der Waals surface area contributed by atoms with E-state index in [1.54, 1.807) is 13.8 Å². The predicted octanol–water partition coefficient (Wildman–Crippen LogP) is -0.200. The molecular weight excluding hydrogens is 248 g/mol. The van der Waals surface area contributed by atoms with Crippen LogP contribution in [0.1, 0.15) is 20.3 Å². The van der Waals surface area contributed by atoms with Crippen molar-refractivity contribution < 1.29 is 39.9 Å². The summed E-state index contributed by atoms with van der Waals surface area (Å²) < 4.78 is 0. The number of carboxylic acids is 3. The van der Waals surface area contributed by atoms with Gasteiger partial charge in [0, 0.05) is 32.3 Å². The summed E-state index contributed by atoms with van der Waals surface area (Å²) in [4.78, 5) is 28.5. The first-order valence-electron chi connectivity index (χ1n) is 4.73. The van der Waals surface area contributed by atoms with Gasteiger partial charge in [-0.05, 0) is 6.92 Å². The molecule has 108 valence electrons. The number of hydrogen-bond donors (Lipinski definition) is 5. The van der Waals surface area contributed by atoms with Crippen LogP contribution in [-0.4, -0.2) is 57.2 Å². The Morgan fingerprint density at radius 3 is 1.11 bits per heavy atom. The number of carboxylic acid groups (broad SMARTS) is 3. The molecule has 0 aliphatic carbocycles. The molecule has 0 saturated carbocycles. The van der Waals surface area contributed by atoms with Crippen molar-refractivity contribution in [2.24, 2.45) is 0 Å². The molecule has 0 amide bonds. The Bertz CT molecular complexity index is 218. The molecule has 0 rings (SSSR count). The summed E-state index contributed by atoms with van der Waals surface area (Å²) in [6.45, 7) is 3.53. The van der Waals surface area contributed by atoms with E-state index in [0.717, 1.165) is 7.11 Å². The summed E-state index contributed by atoms with van der Waals surface area (Å²) in [5, 5.41) is 37.9. The molecule has 0 aromatic rings. The standard InChI is InChI=1S/C4H4O4.C3H6O2.C2H6O.CH4O/c5-3(6)1-2-4(7)8;1-2-3(4)5;1-2-3;1-2/h1-2H,(H,5,6)(H,7,8);2H2,1H3,(H,4,5);3H,2H2,1H3;2H,1H3. The Kier molecular flexibility index (Phi) is 33.9. The minimum Gasteiger partial charge on any atom is -0.481 e. The molecule has 0 spiro atoms. The lowest BCUT2D eigenvalue weighted by Crippen LogP contribution is -1.91. The van der Waals surface area contributed by atoms with E-state index in [0.29, 0.717) is 12.2 Å². The summed E-state index contributed by atoms with van der Waals surface area (Å²) in [5.41, 5.74) is 0. The highest BCUT2D eigenvalue weighted by atomic mass is 16.4. The highest BCUT2D eigenvalue weighted by molar-refractivity contribution is 5.89. The van der Waals surface area contributed by atoms with E-state index in [2.05, 4.69) is 0 Å². The number of aliphatic hydroxyl groups is 2. The number of hydrogen-bond acceptors (Lipinski definition) is 5. The minimum absolute atomic E-state index is 0.222. The average molecular weight is 268 g/mol. The number of aliphatic hydroxyl groups excluding tert-OH is 2. The molecule has 0 fully saturated rings. The molecule has 0 aliphatic heterocycles. The molecule has 0 atom stereocenters. The van der Waals surface area contributed by atoms with Gasteiger partial charge in [-0.3, -0.25) is 4.79 Å². The quantitative estimate of drug-likeness (QED) is 0.441. The van der Waals surface area contributed by atoms with Crippen LogP contribution in [0.25, 0.3) is 0 Å². The zero-order chi connectivity index (χ0) is 15.6. The Hall–Kier alpha value is -1.93. The van der Waals surface area contributed by atoms with Crippen molar-refractivity contribution in [3.8, 4) is 0 Å². The van der Waals surface area contributed by atoms with Gasteiger partial charge in [0.2, 0.25) is 0 Å². The fraction of sp³-hybridized carbons (Fsp3) is 0.500. The molecule has 0 aliphatic rings. The van der Waals surface area contributed by atoms with Crippen LogP contribution < -0.4 is 0 Å². The molecule has 0 unspecified atom stereocenters. The van der Waals surface area contributed by atoms with E-state index >= 15 is 0 Å². The van der Waals surface area contributed by atoms with Crippen LogP contribution in [0.4, 0.5) is 0 Å². The normalized spacial score (nSPS) is 7.61. The molecule has 5 N–H and O–H groups in total. The van der Waals surface area contributed by atoms with Gasteiger partial charge >= 0.3 is 17.9 Å². The first-order valence-corrected chi connectivity index (χ1v) is 4.73. The maximum atomic E-state index is 9.55. The summed E-state index contributed by atoms with van der Waals surface area (Å²) in [6.07, 6.45) is 1.34. The van der Waals surface area contributed by atoms with Crippen molar-refractivity contribution in [3.63, 3.8) is 0 Å². The van der Waals surface area contributed by atoms with Crippen LogP contribution >= 0.6 is 0 Å². The van der Waals surface area contributed by atoms with E-state index in [9.17, 15) is 14.4 Å². The second kappa shape index (κ2) is 24.3. The fourth-order valence-electron chi connectivity index (χ4n) is 0.143. The second-order valence-electron chi connectivity index (χ2n) is 2.07. The molecule has 8 heteroatoms. The third-order valence-corrected chi connectivity index (χ3v) is 0.671. The lowest BCUT2D eigenvalue weighted by Gasteiger charge is -1.74. The van der Waals surface area contributed by atoms with Gasteiger partial charge in [-0.2, -0.15) is 0 Å². The van der Waals surface area contributed by atoms with Crippen LogP contribution in [0.15, 0.2) is 12.2 Å². The summed E-state index contributed by atoms with van der Waals surface area (Å²) >= 11 is 0. The molecule has 0 radical (unpaired) electrons. The van der Waals surface area contributed by atoms with E-state index in [1.807, 2.05) is 0 Å². The van der Waals surface area contributed by atoms with Crippen LogP contribution in [0.5, 0.6) is 0 Å². The fourth-order valence-corrected chi connectivity index (χ4v) is 0.143. The lowest BCUT2D eigenvalue weighted by atomic mass is 10.5. The van der Waals surface area contributed by atoms with Crippen molar-refractivity contribution in [1.82, 2.24) is 0 Å². The van der Waals surface area contributed by atoms with Crippen LogP contribution in [0.3, 0.4) is 0 Å². The van der Waals surface area contributed by atoms with E-state index in [-0.39, 0.29) is 13.0 Å². The van der Waals surface area contributed by atoms with Gasteiger partial charge in [0.1, 0.15) is 0 Å². The third-order valence-electron chi connectivity index (χ3n) is 0.671. The van der Waals surface area contributed by atoms with Crippen molar-refractivity contribution >= 4 is 17.9 Å². The monoisotopic (exact) mass is 268 g/mol. The molecule has 18 heavy (non-hydrogen) atoms. The van der Waals surface area contributed by atoms with Crippen molar-refractivity contribution in [2.45, 2.75) is 20.3 Å². The van der Waals surface area contributed by atoms with Gasteiger partial charge in [-0.15, -0.1) is 0 Å². The van der Waals surface area contributed by atoms with Gasteiger partial charge in [-0.1, -0.05) is 6.92 Å². The van der Waals surface area contributed by atoms with Crippen molar-refractivity contribution in [1.29, 1.82) is 0 Å². The Labute approximate surface area is 105 Å². The lowest BCUT2D eigenvalue weighted by molar-refractivity contribution is -0.136. The van der Waals surface area contributed by atoms with E-state index in [4.69, 9.17) is 25.5 Å². The Morgan fingerprint density at radius 1 is 0.889 bits per heavy atom. The van der Waals surface area contributed by atoms with E-state index < -0.39 is 17.9 Å². The molecule has 0 aromatic heterocycles. The summed E-state index contributed by atoms with van der Waals surface area (Å²) in [5.74, 6) is -3.26. The Balaban J connectivity index is -0.0000000842.